The van der Waals surface area contributed by atoms with E-state index in [-0.39, 0.29) is 17.3 Å². The Kier molecular flexibility index (Phi) is 7.79. The van der Waals surface area contributed by atoms with Crippen LogP contribution in [-0.2, 0) is 14.9 Å². The maximum atomic E-state index is 12.4. The van der Waals surface area contributed by atoms with Gasteiger partial charge in [-0.1, -0.05) is 56.0 Å². The molecule has 0 bridgehead atoms. The van der Waals surface area contributed by atoms with Gasteiger partial charge in [0.2, 0.25) is 5.13 Å². The SMILES string of the molecule is CCOC(=O)CCCSc1nnc(NC(=O)c2ccc(C(C)(C)C)cc2)s1. The standard InChI is InChI=1S/C19H25N3O3S2/c1-5-25-15(23)7-6-12-26-18-22-21-17(27-18)20-16(24)13-8-10-14(11-9-13)19(2,3)4/h8-11H,5-7,12H2,1-4H3,(H,20,21,24). The van der Waals surface area contributed by atoms with Crippen LogP contribution in [0, 0.1) is 0 Å². The third-order valence-electron chi connectivity index (χ3n) is 3.70. The number of rotatable bonds is 8. The summed E-state index contributed by atoms with van der Waals surface area (Å²) in [6.07, 6.45) is 1.11. The quantitative estimate of drug-likeness (QED) is 0.300. The average molecular weight is 408 g/mol. The van der Waals surface area contributed by atoms with E-state index in [0.717, 1.165) is 10.1 Å². The first-order valence-corrected chi connectivity index (χ1v) is 10.6. The molecular weight excluding hydrogens is 382 g/mol. The molecule has 1 N–H and O–H groups in total. The molecule has 0 aliphatic heterocycles. The number of carbonyl (C=O) groups excluding carboxylic acids is 2. The van der Waals surface area contributed by atoms with Gasteiger partial charge in [0, 0.05) is 17.7 Å². The van der Waals surface area contributed by atoms with E-state index >= 15 is 0 Å². The van der Waals surface area contributed by atoms with Crippen LogP contribution in [0.3, 0.4) is 0 Å². The van der Waals surface area contributed by atoms with Crippen molar-refractivity contribution >= 4 is 40.1 Å². The Morgan fingerprint density at radius 2 is 1.89 bits per heavy atom. The molecular formula is C19H25N3O3S2. The summed E-state index contributed by atoms with van der Waals surface area (Å²) >= 11 is 2.84. The van der Waals surface area contributed by atoms with Crippen molar-refractivity contribution in [1.82, 2.24) is 10.2 Å². The fourth-order valence-electron chi connectivity index (χ4n) is 2.22. The Hall–Kier alpha value is -1.93. The number of amides is 1. The van der Waals surface area contributed by atoms with Crippen molar-refractivity contribution in [2.24, 2.45) is 0 Å². The largest absolute Gasteiger partial charge is 0.466 e. The number of thioether (sulfide) groups is 1. The van der Waals surface area contributed by atoms with E-state index in [2.05, 4.69) is 36.3 Å². The minimum absolute atomic E-state index is 0.0492. The van der Waals surface area contributed by atoms with Crippen LogP contribution in [-0.4, -0.2) is 34.4 Å². The van der Waals surface area contributed by atoms with Crippen LogP contribution >= 0.6 is 23.1 Å². The molecule has 0 saturated heterocycles. The molecule has 0 spiro atoms. The summed E-state index contributed by atoms with van der Waals surface area (Å²) in [7, 11) is 0. The minimum atomic E-state index is -0.203. The van der Waals surface area contributed by atoms with E-state index in [1.807, 2.05) is 24.3 Å². The highest BCUT2D eigenvalue weighted by atomic mass is 32.2. The number of carbonyl (C=O) groups is 2. The zero-order valence-electron chi connectivity index (χ0n) is 16.1. The van der Waals surface area contributed by atoms with Crippen molar-refractivity contribution in [3.05, 3.63) is 35.4 Å². The molecule has 1 heterocycles. The van der Waals surface area contributed by atoms with Crippen molar-refractivity contribution in [3.8, 4) is 0 Å². The van der Waals surface area contributed by atoms with Crippen molar-refractivity contribution < 1.29 is 14.3 Å². The summed E-state index contributed by atoms with van der Waals surface area (Å²) in [4.78, 5) is 23.6. The molecule has 0 atom stereocenters. The second-order valence-electron chi connectivity index (χ2n) is 6.91. The Balaban J connectivity index is 1.82. The number of nitrogens with one attached hydrogen (secondary N) is 1. The van der Waals surface area contributed by atoms with Crippen molar-refractivity contribution in [2.45, 2.75) is 50.3 Å². The normalized spacial score (nSPS) is 11.3. The molecule has 1 aromatic carbocycles. The molecule has 0 aliphatic carbocycles. The van der Waals surface area contributed by atoms with Crippen LogP contribution in [0.5, 0.6) is 0 Å². The Bertz CT molecular complexity index is 767. The Morgan fingerprint density at radius 3 is 2.52 bits per heavy atom. The van der Waals surface area contributed by atoms with Gasteiger partial charge in [0.25, 0.3) is 5.91 Å². The summed E-state index contributed by atoms with van der Waals surface area (Å²) < 4.78 is 5.65. The maximum Gasteiger partial charge on any atom is 0.305 e. The molecule has 0 radical (unpaired) electrons. The summed E-state index contributed by atoms with van der Waals surface area (Å²) in [5.74, 6) is 0.363. The number of ether oxygens (including phenoxy) is 1. The summed E-state index contributed by atoms with van der Waals surface area (Å²) in [5, 5.41) is 11.3. The summed E-state index contributed by atoms with van der Waals surface area (Å²) in [6, 6.07) is 7.59. The van der Waals surface area contributed by atoms with Crippen LogP contribution in [0.25, 0.3) is 0 Å². The maximum absolute atomic E-state index is 12.4. The minimum Gasteiger partial charge on any atom is -0.466 e. The van der Waals surface area contributed by atoms with Crippen LogP contribution in [0.1, 0.15) is 56.5 Å². The van der Waals surface area contributed by atoms with Gasteiger partial charge in [0.1, 0.15) is 0 Å². The number of aromatic nitrogens is 2. The number of hydrogen-bond donors (Lipinski definition) is 1. The first kappa shape index (κ1) is 21.4. The molecule has 27 heavy (non-hydrogen) atoms. The van der Waals surface area contributed by atoms with Gasteiger partial charge in [-0.25, -0.2) is 0 Å². The van der Waals surface area contributed by atoms with Crippen molar-refractivity contribution in [2.75, 3.05) is 17.7 Å². The van der Waals surface area contributed by atoms with Gasteiger partial charge >= 0.3 is 5.97 Å². The smallest absolute Gasteiger partial charge is 0.305 e. The highest BCUT2D eigenvalue weighted by Gasteiger charge is 2.15. The number of benzene rings is 1. The fraction of sp³-hybridized carbons (Fsp3) is 0.474. The molecule has 0 saturated carbocycles. The lowest BCUT2D eigenvalue weighted by Gasteiger charge is -2.18. The molecule has 2 aromatic rings. The predicted octanol–water partition coefficient (Wildman–Crippen LogP) is 4.52. The average Bonchev–Trinajstić information content (AvgIpc) is 3.05. The molecule has 2 rings (SSSR count). The van der Waals surface area contributed by atoms with Gasteiger partial charge in [-0.15, -0.1) is 10.2 Å². The van der Waals surface area contributed by atoms with E-state index in [0.29, 0.717) is 30.1 Å². The van der Waals surface area contributed by atoms with E-state index in [4.69, 9.17) is 4.74 Å². The lowest BCUT2D eigenvalue weighted by molar-refractivity contribution is -0.143. The second kappa shape index (κ2) is 9.85. The topological polar surface area (TPSA) is 81.2 Å². The Labute approximate surface area is 168 Å². The monoisotopic (exact) mass is 407 g/mol. The molecule has 0 unspecified atom stereocenters. The highest BCUT2D eigenvalue weighted by molar-refractivity contribution is 8.01. The lowest BCUT2D eigenvalue weighted by atomic mass is 9.87. The second-order valence-corrected chi connectivity index (χ2v) is 9.23. The van der Waals surface area contributed by atoms with Gasteiger partial charge in [-0.2, -0.15) is 0 Å². The molecule has 1 amide bonds. The van der Waals surface area contributed by atoms with Crippen LogP contribution in [0.4, 0.5) is 5.13 Å². The predicted molar refractivity (Wildman–Crippen MR) is 110 cm³/mol. The van der Waals surface area contributed by atoms with Crippen LogP contribution in [0.2, 0.25) is 0 Å². The first-order chi connectivity index (χ1) is 12.8. The van der Waals surface area contributed by atoms with Crippen LogP contribution < -0.4 is 5.32 Å². The van der Waals surface area contributed by atoms with Gasteiger partial charge in [0.05, 0.1) is 6.61 Å². The molecule has 146 valence electrons. The van der Waals surface area contributed by atoms with E-state index < -0.39 is 0 Å². The van der Waals surface area contributed by atoms with Gasteiger partial charge < -0.3 is 4.74 Å². The van der Waals surface area contributed by atoms with Gasteiger partial charge in [0.15, 0.2) is 4.34 Å². The van der Waals surface area contributed by atoms with Gasteiger partial charge in [-0.05, 0) is 36.5 Å². The number of esters is 1. The third-order valence-corrected chi connectivity index (χ3v) is 5.75. The van der Waals surface area contributed by atoms with E-state index in [1.54, 1.807) is 6.92 Å². The first-order valence-electron chi connectivity index (χ1n) is 8.83. The lowest BCUT2D eigenvalue weighted by Crippen LogP contribution is -2.14. The molecule has 8 heteroatoms. The van der Waals surface area contributed by atoms with E-state index in [1.165, 1.54) is 28.7 Å². The van der Waals surface area contributed by atoms with Gasteiger partial charge in [-0.3, -0.25) is 14.9 Å². The Morgan fingerprint density at radius 1 is 1.19 bits per heavy atom. The zero-order chi connectivity index (χ0) is 19.9. The number of nitrogens with zero attached hydrogens (tertiary/aromatic N) is 2. The number of anilines is 1. The number of hydrogen-bond acceptors (Lipinski definition) is 7. The van der Waals surface area contributed by atoms with Crippen molar-refractivity contribution in [1.29, 1.82) is 0 Å². The highest BCUT2D eigenvalue weighted by Crippen LogP contribution is 2.27. The third kappa shape index (κ3) is 6.95. The fourth-order valence-corrected chi connectivity index (χ4v) is 3.98. The van der Waals surface area contributed by atoms with Crippen LogP contribution in [0.15, 0.2) is 28.6 Å². The molecule has 0 aliphatic rings. The molecule has 6 nitrogen and oxygen atoms in total. The molecule has 1 aromatic heterocycles. The summed E-state index contributed by atoms with van der Waals surface area (Å²) in [5.41, 5.74) is 1.81. The summed E-state index contributed by atoms with van der Waals surface area (Å²) in [6.45, 7) is 8.60. The van der Waals surface area contributed by atoms with Crippen molar-refractivity contribution in [3.63, 3.8) is 0 Å². The zero-order valence-corrected chi connectivity index (χ0v) is 17.7. The molecule has 0 fully saturated rings. The van der Waals surface area contributed by atoms with E-state index in [9.17, 15) is 9.59 Å².